The molecule has 0 unspecified atom stereocenters. The number of halogens is 2. The van der Waals surface area contributed by atoms with Crippen molar-refractivity contribution in [2.45, 2.75) is 25.3 Å². The van der Waals surface area contributed by atoms with Crippen LogP contribution in [-0.2, 0) is 4.79 Å². The molecule has 10 nitrogen and oxygen atoms in total. The van der Waals surface area contributed by atoms with Crippen molar-refractivity contribution < 1.29 is 18.8 Å². The molecule has 2 aromatic carbocycles. The quantitative estimate of drug-likeness (QED) is 0.449. The number of hydrogen-bond donors (Lipinski definition) is 3. The van der Waals surface area contributed by atoms with Crippen molar-refractivity contribution in [1.82, 2.24) is 20.1 Å². The van der Waals surface area contributed by atoms with Crippen molar-refractivity contribution in [3.63, 3.8) is 0 Å². The number of nitrogens with zero attached hydrogens (tertiary/aromatic N) is 4. The van der Waals surface area contributed by atoms with Crippen LogP contribution < -0.4 is 21.3 Å². The molecule has 0 radical (unpaired) electrons. The van der Waals surface area contributed by atoms with Gasteiger partial charge in [0.1, 0.15) is 17.7 Å². The van der Waals surface area contributed by atoms with Crippen LogP contribution in [0.25, 0.3) is 10.9 Å². The van der Waals surface area contributed by atoms with E-state index in [0.717, 1.165) is 16.0 Å². The molecule has 39 heavy (non-hydrogen) atoms. The molecule has 0 bridgehead atoms. The van der Waals surface area contributed by atoms with E-state index < -0.39 is 23.8 Å². The fourth-order valence-electron chi connectivity index (χ4n) is 4.96. The number of amides is 5. The Hall–Kier alpha value is -4.12. The molecule has 204 valence electrons. The Balaban J connectivity index is 1.20. The molecule has 4 N–H and O–H groups in total. The molecule has 2 saturated heterocycles. The Morgan fingerprint density at radius 1 is 0.974 bits per heavy atom. The fourth-order valence-corrected chi connectivity index (χ4v) is 5.12. The average molecular weight is 554 g/mol. The number of rotatable bonds is 3. The van der Waals surface area contributed by atoms with E-state index in [9.17, 15) is 18.8 Å². The zero-order chi connectivity index (χ0) is 27.5. The molecule has 5 amide bonds. The Bertz CT molecular complexity index is 1390. The van der Waals surface area contributed by atoms with Crippen molar-refractivity contribution in [3.8, 4) is 0 Å². The van der Waals surface area contributed by atoms with Gasteiger partial charge in [0.2, 0.25) is 0 Å². The SMILES string of the molecule is Nc1cc(N2CCN(C(=O)N[C@H]3CCCCN(C(=O)Nc4ccc(F)cc4)C3=O)CC2)c2ccc(Cl)cc2n1. The number of benzene rings is 2. The Kier molecular flexibility index (Phi) is 7.69. The van der Waals surface area contributed by atoms with Crippen LogP contribution in [0.4, 0.5) is 31.2 Å². The molecule has 2 fully saturated rings. The van der Waals surface area contributed by atoms with Gasteiger partial charge in [-0.2, -0.15) is 0 Å². The summed E-state index contributed by atoms with van der Waals surface area (Å²) in [5, 5.41) is 6.96. The molecule has 0 saturated carbocycles. The molecule has 0 spiro atoms. The predicted molar refractivity (Wildman–Crippen MR) is 148 cm³/mol. The summed E-state index contributed by atoms with van der Waals surface area (Å²) in [4.78, 5) is 48.4. The summed E-state index contributed by atoms with van der Waals surface area (Å²) in [6, 6.07) is 10.8. The first-order valence-electron chi connectivity index (χ1n) is 12.8. The van der Waals surface area contributed by atoms with Gasteiger partial charge in [0.15, 0.2) is 0 Å². The second-order valence-corrected chi connectivity index (χ2v) is 10.1. The van der Waals surface area contributed by atoms with Gasteiger partial charge in [0.25, 0.3) is 5.91 Å². The van der Waals surface area contributed by atoms with Gasteiger partial charge in [-0.3, -0.25) is 9.69 Å². The topological polar surface area (TPSA) is 124 Å². The number of aromatic nitrogens is 1. The van der Waals surface area contributed by atoms with Gasteiger partial charge in [0, 0.05) is 60.6 Å². The minimum Gasteiger partial charge on any atom is -0.384 e. The van der Waals surface area contributed by atoms with E-state index in [-0.39, 0.29) is 12.6 Å². The number of urea groups is 2. The van der Waals surface area contributed by atoms with E-state index in [1.807, 2.05) is 18.2 Å². The van der Waals surface area contributed by atoms with Crippen LogP contribution in [0.3, 0.4) is 0 Å². The lowest BCUT2D eigenvalue weighted by Gasteiger charge is -2.37. The highest BCUT2D eigenvalue weighted by Crippen LogP contribution is 2.30. The Labute approximate surface area is 229 Å². The number of nitrogens with one attached hydrogen (secondary N) is 2. The summed E-state index contributed by atoms with van der Waals surface area (Å²) in [5.74, 6) is -0.498. The van der Waals surface area contributed by atoms with Crippen LogP contribution in [0.1, 0.15) is 19.3 Å². The van der Waals surface area contributed by atoms with Crippen LogP contribution in [0.5, 0.6) is 0 Å². The van der Waals surface area contributed by atoms with E-state index in [0.29, 0.717) is 67.5 Å². The number of likely N-dealkylation sites (tertiary alicyclic amines) is 1. The first kappa shape index (κ1) is 26.5. The Morgan fingerprint density at radius 3 is 2.46 bits per heavy atom. The molecule has 3 aromatic rings. The van der Waals surface area contributed by atoms with Crippen molar-refractivity contribution in [3.05, 3.63) is 59.4 Å². The number of nitrogens with two attached hydrogens (primary N) is 1. The van der Waals surface area contributed by atoms with Crippen molar-refractivity contribution in [2.75, 3.05) is 48.7 Å². The number of piperazine rings is 1. The van der Waals surface area contributed by atoms with Crippen LogP contribution in [0, 0.1) is 5.82 Å². The van der Waals surface area contributed by atoms with Gasteiger partial charge in [-0.15, -0.1) is 0 Å². The number of nitrogen functional groups attached to an aromatic ring is 1. The predicted octanol–water partition coefficient (Wildman–Crippen LogP) is 4.05. The molecule has 12 heteroatoms. The number of hydrogen-bond acceptors (Lipinski definition) is 6. The highest BCUT2D eigenvalue weighted by Gasteiger charge is 2.33. The standard InChI is InChI=1S/C27H29ClFN7O3/c28-17-4-9-20-22(15-17)32-24(30)16-23(20)34-11-13-35(14-12-34)26(38)33-21-3-1-2-10-36(25(21)37)27(39)31-19-7-5-18(29)6-8-19/h4-9,15-16,21H,1-3,10-14H2,(H2,30,32)(H,31,39)(H,33,38)/t21-/m0/s1. The van der Waals surface area contributed by atoms with E-state index in [1.54, 1.807) is 11.0 Å². The van der Waals surface area contributed by atoms with Crippen LogP contribution in [-0.4, -0.2) is 71.5 Å². The average Bonchev–Trinajstić information content (AvgIpc) is 3.10. The molecule has 5 rings (SSSR count). The maximum atomic E-state index is 13.2. The van der Waals surface area contributed by atoms with Crippen LogP contribution in [0.2, 0.25) is 5.02 Å². The molecule has 1 atom stereocenters. The number of carbonyl (C=O) groups excluding carboxylic acids is 3. The molecule has 0 aliphatic carbocycles. The zero-order valence-electron chi connectivity index (χ0n) is 21.2. The summed E-state index contributed by atoms with van der Waals surface area (Å²) >= 11 is 6.12. The van der Waals surface area contributed by atoms with Crippen LogP contribution >= 0.6 is 11.6 Å². The van der Waals surface area contributed by atoms with Gasteiger partial charge < -0.3 is 26.2 Å². The lowest BCUT2D eigenvalue weighted by Crippen LogP contribution is -2.56. The Morgan fingerprint density at radius 2 is 1.72 bits per heavy atom. The van der Waals surface area contributed by atoms with E-state index in [2.05, 4.69) is 20.5 Å². The number of anilines is 3. The largest absolute Gasteiger partial charge is 0.384 e. The van der Waals surface area contributed by atoms with Gasteiger partial charge >= 0.3 is 12.1 Å². The number of pyridine rings is 1. The monoisotopic (exact) mass is 553 g/mol. The van der Waals surface area contributed by atoms with E-state index in [4.69, 9.17) is 17.3 Å². The molecule has 1 aromatic heterocycles. The second-order valence-electron chi connectivity index (χ2n) is 9.63. The fraction of sp³-hybridized carbons (Fsp3) is 0.333. The van der Waals surface area contributed by atoms with Gasteiger partial charge in [-0.25, -0.2) is 19.0 Å². The highest BCUT2D eigenvalue weighted by molar-refractivity contribution is 6.31. The lowest BCUT2D eigenvalue weighted by molar-refractivity contribution is -0.129. The maximum Gasteiger partial charge on any atom is 0.328 e. The summed E-state index contributed by atoms with van der Waals surface area (Å²) in [6.45, 7) is 2.27. The van der Waals surface area contributed by atoms with Gasteiger partial charge in [-0.05, 0) is 61.7 Å². The molecule has 2 aliphatic heterocycles. The smallest absolute Gasteiger partial charge is 0.328 e. The summed E-state index contributed by atoms with van der Waals surface area (Å²) in [6.07, 6.45) is 1.75. The number of fused-ring (bicyclic) bond motifs is 1. The number of imide groups is 1. The third-order valence-electron chi connectivity index (χ3n) is 7.00. The lowest BCUT2D eigenvalue weighted by atomic mass is 10.1. The third-order valence-corrected chi connectivity index (χ3v) is 7.24. The minimum atomic E-state index is -0.814. The van der Waals surface area contributed by atoms with Crippen LogP contribution in [0.15, 0.2) is 48.5 Å². The third kappa shape index (κ3) is 5.98. The summed E-state index contributed by atoms with van der Waals surface area (Å²) < 4.78 is 13.2. The molecule has 2 aliphatic rings. The molecular formula is C27H29ClFN7O3. The van der Waals surface area contributed by atoms with Gasteiger partial charge in [0.05, 0.1) is 5.52 Å². The van der Waals surface area contributed by atoms with Crippen molar-refractivity contribution in [1.29, 1.82) is 0 Å². The highest BCUT2D eigenvalue weighted by atomic mass is 35.5. The summed E-state index contributed by atoms with van der Waals surface area (Å²) in [7, 11) is 0. The second kappa shape index (κ2) is 11.3. The first-order chi connectivity index (χ1) is 18.8. The van der Waals surface area contributed by atoms with Gasteiger partial charge in [-0.1, -0.05) is 11.6 Å². The zero-order valence-corrected chi connectivity index (χ0v) is 22.0. The van der Waals surface area contributed by atoms with E-state index >= 15 is 0 Å². The maximum absolute atomic E-state index is 13.2. The first-order valence-corrected chi connectivity index (χ1v) is 13.2. The summed E-state index contributed by atoms with van der Waals surface area (Å²) in [5.41, 5.74) is 8.04. The molecule has 3 heterocycles. The normalized spacial score (nSPS) is 18.2. The number of carbonyl (C=O) groups is 3. The molecular weight excluding hydrogens is 525 g/mol. The van der Waals surface area contributed by atoms with Crippen molar-refractivity contribution >= 4 is 57.7 Å². The minimum absolute atomic E-state index is 0.241. The van der Waals surface area contributed by atoms with Crippen molar-refractivity contribution in [2.24, 2.45) is 0 Å². The van der Waals surface area contributed by atoms with E-state index in [1.165, 1.54) is 24.3 Å².